The van der Waals surface area contributed by atoms with E-state index in [-0.39, 0.29) is 11.2 Å². The number of nitrogens with one attached hydrogen (secondary N) is 2. The third-order valence-electron chi connectivity index (χ3n) is 3.67. The lowest BCUT2D eigenvalue weighted by molar-refractivity contribution is -0.121. The highest BCUT2D eigenvalue weighted by Crippen LogP contribution is 2.34. The molecule has 6 heteroatoms. The molecular weight excluding hydrogens is 284 g/mol. The molecule has 1 fully saturated rings. The fourth-order valence-electron chi connectivity index (χ4n) is 2.62. The Morgan fingerprint density at radius 1 is 1.29 bits per heavy atom. The lowest BCUT2D eigenvalue weighted by Crippen LogP contribution is -2.35. The van der Waals surface area contributed by atoms with Crippen molar-refractivity contribution in [2.45, 2.75) is 42.0 Å². The molecule has 1 aliphatic rings. The Balaban J connectivity index is 1.76. The Morgan fingerprint density at radius 2 is 2.05 bits per heavy atom. The molecule has 1 atom stereocenters. The number of benzene rings is 1. The minimum atomic E-state index is -0.295. The molecule has 0 spiro atoms. The van der Waals surface area contributed by atoms with Crippen LogP contribution in [0.25, 0.3) is 0 Å². The van der Waals surface area contributed by atoms with Gasteiger partial charge in [-0.15, -0.1) is 5.10 Å². The van der Waals surface area contributed by atoms with Gasteiger partial charge in [-0.05, 0) is 18.4 Å². The van der Waals surface area contributed by atoms with E-state index in [0.29, 0.717) is 6.04 Å². The van der Waals surface area contributed by atoms with Crippen molar-refractivity contribution in [3.63, 3.8) is 0 Å². The number of hydrogen-bond acceptors (Lipinski definition) is 4. The number of rotatable bonds is 5. The smallest absolute Gasteiger partial charge is 0.238 e. The first-order chi connectivity index (χ1) is 10.3. The topological polar surface area (TPSA) is 70.7 Å². The summed E-state index contributed by atoms with van der Waals surface area (Å²) >= 11 is 1.42. The van der Waals surface area contributed by atoms with E-state index in [9.17, 15) is 4.79 Å². The molecule has 1 aliphatic carbocycles. The molecule has 1 saturated carbocycles. The van der Waals surface area contributed by atoms with Crippen LogP contribution >= 0.6 is 11.8 Å². The van der Waals surface area contributed by atoms with Gasteiger partial charge >= 0.3 is 0 Å². The molecule has 2 aromatic rings. The van der Waals surface area contributed by atoms with Crippen LogP contribution < -0.4 is 5.32 Å². The molecule has 1 amide bonds. The maximum atomic E-state index is 12.6. The zero-order chi connectivity index (χ0) is 14.5. The van der Waals surface area contributed by atoms with Crippen LogP contribution in [0, 0.1) is 0 Å². The second-order valence-corrected chi connectivity index (χ2v) is 6.33. The summed E-state index contributed by atoms with van der Waals surface area (Å²) in [6, 6.07) is 10.1. The highest BCUT2D eigenvalue weighted by Gasteiger charge is 2.26. The number of hydrogen-bond donors (Lipinski definition) is 2. The molecule has 5 nitrogen and oxygen atoms in total. The Morgan fingerprint density at radius 3 is 2.71 bits per heavy atom. The largest absolute Gasteiger partial charge is 0.352 e. The molecule has 0 saturated heterocycles. The molecule has 3 rings (SSSR count). The van der Waals surface area contributed by atoms with Crippen LogP contribution in [0.15, 0.2) is 41.6 Å². The lowest BCUT2D eigenvalue weighted by Gasteiger charge is -2.19. The van der Waals surface area contributed by atoms with Gasteiger partial charge in [-0.3, -0.25) is 4.79 Å². The predicted molar refractivity (Wildman–Crippen MR) is 81.8 cm³/mol. The van der Waals surface area contributed by atoms with Crippen molar-refractivity contribution in [1.82, 2.24) is 20.7 Å². The van der Waals surface area contributed by atoms with Crippen molar-refractivity contribution in [3.8, 4) is 0 Å². The van der Waals surface area contributed by atoms with Crippen molar-refractivity contribution >= 4 is 17.7 Å². The second-order valence-electron chi connectivity index (χ2n) is 5.21. The summed E-state index contributed by atoms with van der Waals surface area (Å²) in [7, 11) is 0. The van der Waals surface area contributed by atoms with E-state index in [1.54, 1.807) is 6.20 Å². The van der Waals surface area contributed by atoms with Crippen LogP contribution in [0.1, 0.15) is 36.5 Å². The van der Waals surface area contributed by atoms with Gasteiger partial charge in [0.05, 0.1) is 6.20 Å². The van der Waals surface area contributed by atoms with Crippen molar-refractivity contribution in [1.29, 1.82) is 0 Å². The Kier molecular flexibility index (Phi) is 4.55. The van der Waals surface area contributed by atoms with Gasteiger partial charge in [0.1, 0.15) is 10.3 Å². The van der Waals surface area contributed by atoms with E-state index in [1.807, 2.05) is 30.3 Å². The van der Waals surface area contributed by atoms with Crippen molar-refractivity contribution in [2.24, 2.45) is 0 Å². The van der Waals surface area contributed by atoms with Crippen LogP contribution in [0.3, 0.4) is 0 Å². The molecule has 110 valence electrons. The fraction of sp³-hybridized carbons (Fsp3) is 0.400. The summed E-state index contributed by atoms with van der Waals surface area (Å²) in [6.07, 6.45) is 6.22. The molecule has 0 aliphatic heterocycles. The average molecular weight is 302 g/mol. The van der Waals surface area contributed by atoms with Gasteiger partial charge in [0.15, 0.2) is 0 Å². The van der Waals surface area contributed by atoms with Gasteiger partial charge in [-0.2, -0.15) is 10.3 Å². The minimum absolute atomic E-state index is 0.0566. The van der Waals surface area contributed by atoms with E-state index < -0.39 is 0 Å². The molecule has 0 unspecified atom stereocenters. The number of carbonyl (C=O) groups excluding carboxylic acids is 1. The lowest BCUT2D eigenvalue weighted by atomic mass is 10.1. The normalized spacial score (nSPS) is 16.8. The molecule has 2 N–H and O–H groups in total. The number of aromatic amines is 1. The third-order valence-corrected chi connectivity index (χ3v) is 4.83. The first kappa shape index (κ1) is 14.1. The van der Waals surface area contributed by atoms with Crippen LogP contribution in [0.4, 0.5) is 0 Å². The monoisotopic (exact) mass is 302 g/mol. The Labute approximate surface area is 127 Å². The van der Waals surface area contributed by atoms with Gasteiger partial charge in [0.25, 0.3) is 0 Å². The van der Waals surface area contributed by atoms with E-state index in [1.165, 1.54) is 24.6 Å². The summed E-state index contributed by atoms with van der Waals surface area (Å²) in [5.41, 5.74) is 0.987. The Bertz CT molecular complexity index is 567. The quantitative estimate of drug-likeness (QED) is 0.833. The number of H-pyrrole nitrogens is 1. The average Bonchev–Trinajstić information content (AvgIpc) is 3.19. The van der Waals surface area contributed by atoms with E-state index in [4.69, 9.17) is 0 Å². The predicted octanol–water partition coefficient (Wildman–Crippen LogP) is 2.70. The molecular formula is C15H18N4OS. The minimum Gasteiger partial charge on any atom is -0.352 e. The van der Waals surface area contributed by atoms with E-state index in [0.717, 1.165) is 23.4 Å². The number of nitrogens with zero attached hydrogens (tertiary/aromatic N) is 2. The molecule has 0 radical (unpaired) electrons. The van der Waals surface area contributed by atoms with Crippen LogP contribution in [0.2, 0.25) is 0 Å². The number of aromatic nitrogens is 3. The zero-order valence-electron chi connectivity index (χ0n) is 11.7. The van der Waals surface area contributed by atoms with Gasteiger partial charge in [-0.1, -0.05) is 54.9 Å². The first-order valence-electron chi connectivity index (χ1n) is 7.20. The molecule has 1 aromatic carbocycles. The van der Waals surface area contributed by atoms with Gasteiger partial charge in [0.2, 0.25) is 5.91 Å². The van der Waals surface area contributed by atoms with Crippen molar-refractivity contribution < 1.29 is 4.79 Å². The third kappa shape index (κ3) is 3.64. The maximum absolute atomic E-state index is 12.6. The Hall–Kier alpha value is -1.82. The summed E-state index contributed by atoms with van der Waals surface area (Å²) in [6.45, 7) is 0. The summed E-state index contributed by atoms with van der Waals surface area (Å²) < 4.78 is 0. The van der Waals surface area contributed by atoms with Gasteiger partial charge in [-0.25, -0.2) is 0 Å². The highest BCUT2D eigenvalue weighted by atomic mass is 32.2. The second kappa shape index (κ2) is 6.76. The number of thioether (sulfide) groups is 1. The van der Waals surface area contributed by atoms with Crippen molar-refractivity contribution in [2.75, 3.05) is 0 Å². The molecule has 1 heterocycles. The van der Waals surface area contributed by atoms with E-state index in [2.05, 4.69) is 20.7 Å². The van der Waals surface area contributed by atoms with Crippen LogP contribution in [-0.2, 0) is 4.79 Å². The highest BCUT2D eigenvalue weighted by molar-refractivity contribution is 8.00. The fourth-order valence-corrected chi connectivity index (χ4v) is 3.53. The zero-order valence-corrected chi connectivity index (χ0v) is 12.5. The molecule has 1 aromatic heterocycles. The molecule has 21 heavy (non-hydrogen) atoms. The standard InChI is InChI=1S/C15H18N4OS/c20-15(17-12-8-4-5-9-12)14(11-6-2-1-3-7-11)21-13-10-16-19-18-13/h1-3,6-7,10,12,14H,4-5,8-9H2,(H,17,20)(H,16,18,19)/t14-/m0/s1. The summed E-state index contributed by atoms with van der Waals surface area (Å²) in [5.74, 6) is 0.0566. The van der Waals surface area contributed by atoms with Gasteiger partial charge < -0.3 is 5.32 Å². The maximum Gasteiger partial charge on any atom is 0.238 e. The SMILES string of the molecule is O=C(NC1CCCC1)[C@@H](Sc1cn[nH]n1)c1ccccc1. The molecule has 0 bridgehead atoms. The van der Waals surface area contributed by atoms with Crippen molar-refractivity contribution in [3.05, 3.63) is 42.1 Å². The number of amides is 1. The van der Waals surface area contributed by atoms with Gasteiger partial charge in [0, 0.05) is 6.04 Å². The van der Waals surface area contributed by atoms with Crippen LogP contribution in [-0.4, -0.2) is 27.4 Å². The van der Waals surface area contributed by atoms with E-state index >= 15 is 0 Å². The number of carbonyl (C=O) groups is 1. The first-order valence-corrected chi connectivity index (χ1v) is 8.08. The van der Waals surface area contributed by atoms with Crippen LogP contribution in [0.5, 0.6) is 0 Å². The summed E-state index contributed by atoms with van der Waals surface area (Å²) in [5, 5.41) is 14.0. The summed E-state index contributed by atoms with van der Waals surface area (Å²) in [4.78, 5) is 12.6.